The van der Waals surface area contributed by atoms with E-state index in [2.05, 4.69) is 35.9 Å². The Morgan fingerprint density at radius 1 is 1.10 bits per heavy atom. The van der Waals surface area contributed by atoms with Crippen LogP contribution in [0.25, 0.3) is 11.3 Å². The zero-order valence-corrected chi connectivity index (χ0v) is 19.3. The summed E-state index contributed by atoms with van der Waals surface area (Å²) in [5.41, 5.74) is 1.95. The minimum absolute atomic E-state index is 0.0258. The van der Waals surface area contributed by atoms with Gasteiger partial charge in [-0.05, 0) is 30.3 Å². The van der Waals surface area contributed by atoms with Crippen LogP contribution < -0.4 is 14.8 Å². The van der Waals surface area contributed by atoms with Gasteiger partial charge in [-0.1, -0.05) is 35.0 Å². The quantitative estimate of drug-likeness (QED) is 0.483. The Kier molecular flexibility index (Phi) is 7.24. The Balaban J connectivity index is 1.86. The number of amides is 1. The number of rotatable bonds is 8. The molecule has 0 bridgehead atoms. The van der Waals surface area contributed by atoms with Gasteiger partial charge in [-0.25, -0.2) is 18.4 Å². The van der Waals surface area contributed by atoms with E-state index in [4.69, 9.17) is 4.74 Å². The fourth-order valence-electron chi connectivity index (χ4n) is 2.77. The van der Waals surface area contributed by atoms with Gasteiger partial charge in [-0.3, -0.25) is 9.52 Å². The van der Waals surface area contributed by atoms with E-state index in [1.807, 2.05) is 24.3 Å². The lowest BCUT2D eigenvalue weighted by Crippen LogP contribution is -2.22. The second-order valence-corrected chi connectivity index (χ2v) is 9.10. The number of hydrogen-bond donors (Lipinski definition) is 2. The molecule has 1 aromatic heterocycles. The first kappa shape index (κ1) is 22.7. The highest BCUT2D eigenvalue weighted by Gasteiger charge is 2.18. The predicted octanol–water partition coefficient (Wildman–Crippen LogP) is 3.74. The zero-order valence-electron chi connectivity index (χ0n) is 16.9. The molecule has 3 aromatic rings. The third kappa shape index (κ3) is 5.80. The van der Waals surface area contributed by atoms with E-state index < -0.39 is 10.0 Å². The summed E-state index contributed by atoms with van der Waals surface area (Å²) >= 11 is 3.38. The summed E-state index contributed by atoms with van der Waals surface area (Å²) in [6.07, 6.45) is 1.63. The molecule has 31 heavy (non-hydrogen) atoms. The predicted molar refractivity (Wildman–Crippen MR) is 121 cm³/mol. The lowest BCUT2D eigenvalue weighted by atomic mass is 10.1. The minimum atomic E-state index is -3.93. The van der Waals surface area contributed by atoms with Crippen LogP contribution in [-0.4, -0.2) is 31.4 Å². The normalized spacial score (nSPS) is 11.1. The molecule has 0 saturated heterocycles. The molecule has 1 heterocycles. The Bertz CT molecular complexity index is 1180. The lowest BCUT2D eigenvalue weighted by molar-refractivity contribution is -0.120. The van der Waals surface area contributed by atoms with Crippen molar-refractivity contribution in [3.05, 3.63) is 64.9 Å². The van der Waals surface area contributed by atoms with Crippen LogP contribution >= 0.6 is 15.9 Å². The third-order valence-corrected chi connectivity index (χ3v) is 6.29. The molecule has 2 N–H and O–H groups in total. The van der Waals surface area contributed by atoms with Gasteiger partial charge in [0.05, 0.1) is 17.7 Å². The fraction of sp³-hybridized carbons (Fsp3) is 0.190. The number of benzene rings is 2. The van der Waals surface area contributed by atoms with Crippen LogP contribution in [0.15, 0.2) is 64.2 Å². The highest BCUT2D eigenvalue weighted by atomic mass is 79.9. The first-order valence-electron chi connectivity index (χ1n) is 9.37. The summed E-state index contributed by atoms with van der Waals surface area (Å²) in [5.74, 6) is 0.481. The van der Waals surface area contributed by atoms with E-state index in [1.165, 1.54) is 25.6 Å². The van der Waals surface area contributed by atoms with Gasteiger partial charge in [0, 0.05) is 34.6 Å². The second kappa shape index (κ2) is 9.88. The number of ether oxygens (including phenoxy) is 1. The maximum absolute atomic E-state index is 12.9. The summed E-state index contributed by atoms with van der Waals surface area (Å²) in [5, 5.41) is 2.72. The largest absolute Gasteiger partial charge is 0.496 e. The maximum Gasteiger partial charge on any atom is 0.263 e. The van der Waals surface area contributed by atoms with Gasteiger partial charge in [0.2, 0.25) is 5.91 Å². The molecule has 0 saturated carbocycles. The Labute approximate surface area is 189 Å². The highest BCUT2D eigenvalue weighted by molar-refractivity contribution is 9.10. The van der Waals surface area contributed by atoms with Gasteiger partial charge >= 0.3 is 0 Å². The smallest absolute Gasteiger partial charge is 0.263 e. The molecule has 1 amide bonds. The summed E-state index contributed by atoms with van der Waals surface area (Å²) in [4.78, 5) is 19.8. The van der Waals surface area contributed by atoms with Crippen molar-refractivity contribution in [2.24, 2.45) is 0 Å². The molecule has 0 aliphatic rings. The number of carbonyl (C=O) groups excluding carboxylic acids is 1. The van der Waals surface area contributed by atoms with Crippen LogP contribution in [0.3, 0.4) is 0 Å². The molecular weight excluding hydrogens is 484 g/mol. The molecule has 0 radical (unpaired) electrons. The van der Waals surface area contributed by atoms with Gasteiger partial charge < -0.3 is 10.1 Å². The molecule has 0 fully saturated rings. The molecule has 0 aliphatic carbocycles. The van der Waals surface area contributed by atoms with E-state index in [0.717, 1.165) is 10.0 Å². The number of halogens is 1. The van der Waals surface area contributed by atoms with Gasteiger partial charge in [0.1, 0.15) is 17.9 Å². The molecule has 2 aromatic carbocycles. The van der Waals surface area contributed by atoms with Crippen molar-refractivity contribution in [2.75, 3.05) is 11.8 Å². The van der Waals surface area contributed by atoms with E-state index >= 15 is 0 Å². The van der Waals surface area contributed by atoms with Gasteiger partial charge in [0.15, 0.2) is 0 Å². The van der Waals surface area contributed by atoms with E-state index in [0.29, 0.717) is 23.4 Å². The average molecular weight is 505 g/mol. The molecule has 162 valence electrons. The van der Waals surface area contributed by atoms with Crippen LogP contribution in [0.1, 0.15) is 18.9 Å². The average Bonchev–Trinajstić information content (AvgIpc) is 2.77. The molecule has 3 rings (SSSR count). The van der Waals surface area contributed by atoms with Crippen molar-refractivity contribution in [1.82, 2.24) is 15.3 Å². The van der Waals surface area contributed by atoms with Crippen molar-refractivity contribution < 1.29 is 17.9 Å². The first-order valence-corrected chi connectivity index (χ1v) is 11.6. The van der Waals surface area contributed by atoms with Crippen LogP contribution in [0, 0.1) is 0 Å². The standard InChI is InChI=1S/C21H21BrN4O4S/c1-3-21(27)23-12-15-10-17(8-9-19(15)30-2)31(28,29)26-20-11-18(24-13-25-20)14-4-6-16(22)7-5-14/h4-11,13H,3,12H2,1-2H3,(H,23,27)(H,24,25,26). The number of methoxy groups -OCH3 is 1. The lowest BCUT2D eigenvalue weighted by Gasteiger charge is -2.13. The molecule has 0 aliphatic heterocycles. The van der Waals surface area contributed by atoms with Crippen LogP contribution in [0.5, 0.6) is 5.75 Å². The van der Waals surface area contributed by atoms with Gasteiger partial charge in [-0.15, -0.1) is 0 Å². The number of hydrogen-bond acceptors (Lipinski definition) is 6. The number of aromatic nitrogens is 2. The summed E-state index contributed by atoms with van der Waals surface area (Å²) in [6, 6.07) is 13.5. The van der Waals surface area contributed by atoms with E-state index in [1.54, 1.807) is 19.1 Å². The Morgan fingerprint density at radius 2 is 1.84 bits per heavy atom. The highest BCUT2D eigenvalue weighted by Crippen LogP contribution is 2.25. The Hall–Kier alpha value is -2.98. The third-order valence-electron chi connectivity index (χ3n) is 4.41. The minimum Gasteiger partial charge on any atom is -0.496 e. The van der Waals surface area contributed by atoms with Crippen molar-refractivity contribution in [3.63, 3.8) is 0 Å². The number of carbonyl (C=O) groups is 1. The van der Waals surface area contributed by atoms with Crippen molar-refractivity contribution in [2.45, 2.75) is 24.8 Å². The monoisotopic (exact) mass is 504 g/mol. The molecule has 8 nitrogen and oxygen atoms in total. The second-order valence-electron chi connectivity index (χ2n) is 6.50. The van der Waals surface area contributed by atoms with E-state index in [-0.39, 0.29) is 23.2 Å². The first-order chi connectivity index (χ1) is 14.8. The number of nitrogens with zero attached hydrogens (tertiary/aromatic N) is 2. The topological polar surface area (TPSA) is 110 Å². The SMILES string of the molecule is CCC(=O)NCc1cc(S(=O)(=O)Nc2cc(-c3ccc(Br)cc3)ncn2)ccc1OC. The Morgan fingerprint density at radius 3 is 2.52 bits per heavy atom. The summed E-state index contributed by atoms with van der Waals surface area (Å²) < 4.78 is 34.6. The summed E-state index contributed by atoms with van der Waals surface area (Å²) in [6.45, 7) is 1.89. The van der Waals surface area contributed by atoms with Crippen molar-refractivity contribution in [1.29, 1.82) is 0 Å². The molecule has 0 unspecified atom stereocenters. The van der Waals surface area contributed by atoms with Gasteiger partial charge in [-0.2, -0.15) is 0 Å². The van der Waals surface area contributed by atoms with E-state index in [9.17, 15) is 13.2 Å². The number of anilines is 1. The fourth-order valence-corrected chi connectivity index (χ4v) is 4.08. The van der Waals surface area contributed by atoms with Crippen LogP contribution in [0.4, 0.5) is 5.82 Å². The van der Waals surface area contributed by atoms with Crippen LogP contribution in [-0.2, 0) is 21.4 Å². The summed E-state index contributed by atoms with van der Waals surface area (Å²) in [7, 11) is -2.44. The van der Waals surface area contributed by atoms with Crippen molar-refractivity contribution >= 4 is 37.7 Å². The maximum atomic E-state index is 12.9. The van der Waals surface area contributed by atoms with Crippen molar-refractivity contribution in [3.8, 4) is 17.0 Å². The molecule has 0 spiro atoms. The van der Waals surface area contributed by atoms with Gasteiger partial charge in [0.25, 0.3) is 10.0 Å². The molecule has 10 heteroatoms. The number of nitrogens with one attached hydrogen (secondary N) is 2. The zero-order chi connectivity index (χ0) is 22.4. The van der Waals surface area contributed by atoms with Crippen LogP contribution in [0.2, 0.25) is 0 Å². The number of sulfonamides is 1. The molecular formula is C21H21BrN4O4S. The molecule has 0 atom stereocenters.